The molecule has 138 valence electrons. The molecule has 2 N–H and O–H groups in total. The van der Waals surface area contributed by atoms with Crippen molar-refractivity contribution < 1.29 is 9.90 Å². The van der Waals surface area contributed by atoms with Crippen LogP contribution >= 0.6 is 23.2 Å². The minimum Gasteiger partial charge on any atom is -0.506 e. The summed E-state index contributed by atoms with van der Waals surface area (Å²) in [5, 5.41) is 13.6. The van der Waals surface area contributed by atoms with Crippen LogP contribution in [0, 0.1) is 0 Å². The molecule has 1 aliphatic rings. The highest BCUT2D eigenvalue weighted by Crippen LogP contribution is 2.30. The Kier molecular flexibility index (Phi) is 5.91. The average Bonchev–Trinajstić information content (AvgIpc) is 2.65. The monoisotopic (exact) mass is 393 g/mol. The number of benzene rings is 2. The fraction of sp³-hybridized carbons (Fsp3) is 0.316. The van der Waals surface area contributed by atoms with Gasteiger partial charge in [0.1, 0.15) is 5.75 Å². The van der Waals surface area contributed by atoms with E-state index in [1.807, 2.05) is 25.1 Å². The molecule has 26 heavy (non-hydrogen) atoms. The first kappa shape index (κ1) is 18.8. The summed E-state index contributed by atoms with van der Waals surface area (Å²) < 4.78 is 0. The molecule has 5 nitrogen and oxygen atoms in total. The molecule has 0 bridgehead atoms. The van der Waals surface area contributed by atoms with Crippen LogP contribution in [0.25, 0.3) is 0 Å². The zero-order valence-electron chi connectivity index (χ0n) is 14.5. The van der Waals surface area contributed by atoms with Crippen LogP contribution in [0.4, 0.5) is 11.4 Å². The second kappa shape index (κ2) is 8.16. The van der Waals surface area contributed by atoms with E-state index in [2.05, 4.69) is 15.1 Å². The number of carbonyl (C=O) groups is 1. The third-order valence-electron chi connectivity index (χ3n) is 4.67. The highest BCUT2D eigenvalue weighted by Gasteiger charge is 2.26. The van der Waals surface area contributed by atoms with Crippen LogP contribution in [0.1, 0.15) is 6.92 Å². The second-order valence-electron chi connectivity index (χ2n) is 6.28. The Morgan fingerprint density at radius 1 is 1.08 bits per heavy atom. The predicted molar refractivity (Wildman–Crippen MR) is 106 cm³/mol. The van der Waals surface area contributed by atoms with Crippen LogP contribution < -0.4 is 10.2 Å². The van der Waals surface area contributed by atoms with Crippen molar-refractivity contribution in [2.45, 2.75) is 13.0 Å². The van der Waals surface area contributed by atoms with Crippen LogP contribution in [0.15, 0.2) is 42.5 Å². The van der Waals surface area contributed by atoms with Gasteiger partial charge in [-0.25, -0.2) is 0 Å². The lowest BCUT2D eigenvalue weighted by Crippen LogP contribution is -2.52. The number of hydrogen-bond donors (Lipinski definition) is 2. The maximum atomic E-state index is 12.6. The van der Waals surface area contributed by atoms with Gasteiger partial charge in [0.25, 0.3) is 0 Å². The lowest BCUT2D eigenvalue weighted by atomic mass is 10.2. The third kappa shape index (κ3) is 4.06. The van der Waals surface area contributed by atoms with Gasteiger partial charge in [0.2, 0.25) is 5.91 Å². The molecule has 2 aromatic carbocycles. The number of carbonyl (C=O) groups excluding carboxylic acids is 1. The number of anilines is 2. The molecule has 1 unspecified atom stereocenters. The molecule has 0 saturated carbocycles. The number of halogens is 2. The lowest BCUT2D eigenvalue weighted by Gasteiger charge is -2.38. The van der Waals surface area contributed by atoms with Crippen molar-refractivity contribution in [2.24, 2.45) is 0 Å². The van der Waals surface area contributed by atoms with E-state index in [1.165, 1.54) is 0 Å². The number of nitrogens with zero attached hydrogens (tertiary/aromatic N) is 2. The van der Waals surface area contributed by atoms with Crippen LogP contribution in [0.2, 0.25) is 10.0 Å². The summed E-state index contributed by atoms with van der Waals surface area (Å²) in [7, 11) is 0. The second-order valence-corrected chi connectivity index (χ2v) is 7.06. The minimum atomic E-state index is -0.295. The molecule has 1 saturated heterocycles. The maximum absolute atomic E-state index is 12.6. The molecule has 3 rings (SSSR count). The zero-order chi connectivity index (χ0) is 18.7. The molecule has 0 radical (unpaired) electrons. The molecule has 1 heterocycles. The number of piperazine rings is 1. The lowest BCUT2D eigenvalue weighted by molar-refractivity contribution is -0.120. The van der Waals surface area contributed by atoms with Crippen molar-refractivity contribution in [1.82, 2.24) is 4.90 Å². The molecule has 7 heteroatoms. The summed E-state index contributed by atoms with van der Waals surface area (Å²) in [5.41, 5.74) is 1.35. The smallest absolute Gasteiger partial charge is 0.241 e. The molecule has 2 aromatic rings. The molecule has 0 spiro atoms. The third-order valence-corrected chi connectivity index (χ3v) is 5.49. The molecule has 1 aliphatic heterocycles. The predicted octanol–water partition coefficient (Wildman–Crippen LogP) is 3.85. The van der Waals surface area contributed by atoms with E-state index in [1.54, 1.807) is 24.3 Å². The van der Waals surface area contributed by atoms with E-state index >= 15 is 0 Å². The van der Waals surface area contributed by atoms with Gasteiger partial charge in [0, 0.05) is 26.2 Å². The highest BCUT2D eigenvalue weighted by molar-refractivity contribution is 6.44. The summed E-state index contributed by atoms with van der Waals surface area (Å²) in [6.45, 7) is 4.82. The molecular formula is C19H21Cl2N3O2. The number of amides is 1. The van der Waals surface area contributed by atoms with E-state index < -0.39 is 0 Å². The summed E-state index contributed by atoms with van der Waals surface area (Å²) >= 11 is 12.1. The number of aromatic hydroxyl groups is 1. The van der Waals surface area contributed by atoms with Gasteiger partial charge in [-0.2, -0.15) is 0 Å². The largest absolute Gasteiger partial charge is 0.506 e. The Hall–Kier alpha value is -1.95. The van der Waals surface area contributed by atoms with Crippen molar-refractivity contribution in [3.63, 3.8) is 0 Å². The fourth-order valence-corrected chi connectivity index (χ4v) is 3.43. The van der Waals surface area contributed by atoms with Crippen LogP contribution in [-0.2, 0) is 4.79 Å². The first-order chi connectivity index (χ1) is 12.5. The van der Waals surface area contributed by atoms with Crippen LogP contribution in [-0.4, -0.2) is 48.1 Å². The van der Waals surface area contributed by atoms with E-state index in [0.29, 0.717) is 15.7 Å². The molecular weight excluding hydrogens is 373 g/mol. The quantitative estimate of drug-likeness (QED) is 0.827. The van der Waals surface area contributed by atoms with Crippen molar-refractivity contribution >= 4 is 40.5 Å². The van der Waals surface area contributed by atoms with Gasteiger partial charge >= 0.3 is 0 Å². The SMILES string of the molecule is CC(C(=O)Nc1cccc(Cl)c1Cl)N1CCN(c2ccccc2O)CC1. The van der Waals surface area contributed by atoms with Gasteiger partial charge < -0.3 is 15.3 Å². The molecule has 1 fully saturated rings. The summed E-state index contributed by atoms with van der Waals surface area (Å²) in [5.74, 6) is 0.160. The number of hydrogen-bond acceptors (Lipinski definition) is 4. The van der Waals surface area contributed by atoms with E-state index in [0.717, 1.165) is 31.9 Å². The summed E-state index contributed by atoms with van der Waals surface area (Å²) in [6.07, 6.45) is 0. The van der Waals surface area contributed by atoms with E-state index in [9.17, 15) is 9.90 Å². The van der Waals surface area contributed by atoms with Crippen molar-refractivity contribution in [3.05, 3.63) is 52.5 Å². The molecule has 1 atom stereocenters. The van der Waals surface area contributed by atoms with Crippen LogP contribution in [0.3, 0.4) is 0 Å². The molecule has 0 aliphatic carbocycles. The van der Waals surface area contributed by atoms with Crippen molar-refractivity contribution in [1.29, 1.82) is 0 Å². The Morgan fingerprint density at radius 3 is 2.46 bits per heavy atom. The van der Waals surface area contributed by atoms with Gasteiger partial charge in [0.15, 0.2) is 0 Å². The zero-order valence-corrected chi connectivity index (χ0v) is 16.0. The minimum absolute atomic E-state index is 0.120. The Bertz CT molecular complexity index is 792. The standard InChI is InChI=1S/C19H21Cl2N3O2/c1-13(19(26)22-15-6-4-5-14(20)18(15)21)23-9-11-24(12-10-23)16-7-2-3-8-17(16)25/h2-8,13,25H,9-12H2,1H3,(H,22,26). The number of phenols is 1. The number of rotatable bonds is 4. The molecule has 1 amide bonds. The average molecular weight is 394 g/mol. The summed E-state index contributed by atoms with van der Waals surface area (Å²) in [6, 6.07) is 12.2. The number of para-hydroxylation sites is 2. The van der Waals surface area contributed by atoms with E-state index in [4.69, 9.17) is 23.2 Å². The normalized spacial score (nSPS) is 16.3. The highest BCUT2D eigenvalue weighted by atomic mass is 35.5. The van der Waals surface area contributed by atoms with Gasteiger partial charge in [-0.05, 0) is 31.2 Å². The Morgan fingerprint density at radius 2 is 1.77 bits per heavy atom. The number of nitrogens with one attached hydrogen (secondary N) is 1. The summed E-state index contributed by atoms with van der Waals surface area (Å²) in [4.78, 5) is 16.8. The Balaban J connectivity index is 1.59. The Labute approximate surface area is 163 Å². The van der Waals surface area contributed by atoms with Crippen molar-refractivity contribution in [2.75, 3.05) is 36.4 Å². The van der Waals surface area contributed by atoms with E-state index in [-0.39, 0.29) is 17.7 Å². The first-order valence-electron chi connectivity index (χ1n) is 8.49. The van der Waals surface area contributed by atoms with Gasteiger partial charge in [-0.3, -0.25) is 9.69 Å². The number of phenolic OH excluding ortho intramolecular Hbond substituents is 1. The van der Waals surface area contributed by atoms with Crippen molar-refractivity contribution in [3.8, 4) is 5.75 Å². The topological polar surface area (TPSA) is 55.8 Å². The van der Waals surface area contributed by atoms with Crippen LogP contribution in [0.5, 0.6) is 5.75 Å². The maximum Gasteiger partial charge on any atom is 0.241 e. The van der Waals surface area contributed by atoms with Gasteiger partial charge in [0.05, 0.1) is 27.5 Å². The van der Waals surface area contributed by atoms with Gasteiger partial charge in [-0.15, -0.1) is 0 Å². The molecule has 0 aromatic heterocycles. The fourth-order valence-electron chi connectivity index (χ4n) is 3.09. The van der Waals surface area contributed by atoms with Gasteiger partial charge in [-0.1, -0.05) is 41.4 Å². The first-order valence-corrected chi connectivity index (χ1v) is 9.25.